The monoisotopic (exact) mass is 425 g/mol. The van der Waals surface area contributed by atoms with E-state index in [-0.39, 0.29) is 11.5 Å². The summed E-state index contributed by atoms with van der Waals surface area (Å²) in [7, 11) is 0. The lowest BCUT2D eigenvalue weighted by Crippen LogP contribution is -2.27. The maximum Gasteiger partial charge on any atom is 0.266 e. The van der Waals surface area contributed by atoms with Gasteiger partial charge in [0.1, 0.15) is 15.0 Å². The largest absolute Gasteiger partial charge is 0.293 e. The van der Waals surface area contributed by atoms with Gasteiger partial charge in [-0.05, 0) is 37.3 Å². The van der Waals surface area contributed by atoms with Gasteiger partial charge in [-0.2, -0.15) is 0 Å². The first-order chi connectivity index (χ1) is 13.6. The van der Waals surface area contributed by atoms with Crippen LogP contribution >= 0.6 is 35.7 Å². The molecule has 5 nitrogen and oxygen atoms in total. The standard InChI is InChI=1S/C20H15N3O2S3/c1-2-22-19(25)15(28-20(22)26)12-14-17(27-13-8-4-3-5-9-13)21-16-10-6-7-11-23(16)18(14)24/h3-12H,2H2,1H3. The topological polar surface area (TPSA) is 54.7 Å². The molecule has 8 heteroatoms. The first-order valence-electron chi connectivity index (χ1n) is 8.58. The second-order valence-corrected chi connectivity index (χ2v) is 8.64. The smallest absolute Gasteiger partial charge is 0.266 e. The highest BCUT2D eigenvalue weighted by Crippen LogP contribution is 2.34. The van der Waals surface area contributed by atoms with Crippen LogP contribution < -0.4 is 5.56 Å². The summed E-state index contributed by atoms with van der Waals surface area (Å²) < 4.78 is 1.99. The van der Waals surface area contributed by atoms with Crippen LogP contribution in [0.5, 0.6) is 0 Å². The molecule has 1 aliphatic rings. The van der Waals surface area contributed by atoms with Crippen LogP contribution in [-0.4, -0.2) is 31.1 Å². The van der Waals surface area contributed by atoms with Crippen molar-refractivity contribution in [2.75, 3.05) is 6.54 Å². The Bertz CT molecular complexity index is 1170. The van der Waals surface area contributed by atoms with Crippen LogP contribution in [-0.2, 0) is 4.79 Å². The van der Waals surface area contributed by atoms with Gasteiger partial charge in [0.2, 0.25) is 0 Å². The van der Waals surface area contributed by atoms with Crippen LogP contribution in [0.15, 0.2) is 74.3 Å². The van der Waals surface area contributed by atoms with Gasteiger partial charge >= 0.3 is 0 Å². The molecule has 0 radical (unpaired) electrons. The summed E-state index contributed by atoms with van der Waals surface area (Å²) in [4.78, 5) is 33.4. The Labute approximate surface area is 175 Å². The van der Waals surface area contributed by atoms with E-state index in [1.54, 1.807) is 24.4 Å². The molecule has 3 aromatic rings. The first-order valence-corrected chi connectivity index (χ1v) is 10.6. The van der Waals surface area contributed by atoms with Gasteiger partial charge in [-0.1, -0.05) is 60.0 Å². The zero-order valence-electron chi connectivity index (χ0n) is 14.9. The normalized spacial score (nSPS) is 15.8. The van der Waals surface area contributed by atoms with Gasteiger partial charge in [0.05, 0.1) is 10.5 Å². The molecule has 3 heterocycles. The lowest BCUT2D eigenvalue weighted by atomic mass is 10.2. The first kappa shape index (κ1) is 18.9. The second-order valence-electron chi connectivity index (χ2n) is 5.91. The summed E-state index contributed by atoms with van der Waals surface area (Å²) in [5, 5.41) is 0.559. The summed E-state index contributed by atoms with van der Waals surface area (Å²) in [6.07, 6.45) is 3.30. The zero-order valence-corrected chi connectivity index (χ0v) is 17.3. The van der Waals surface area contributed by atoms with E-state index in [1.807, 2.05) is 43.3 Å². The predicted molar refractivity (Wildman–Crippen MR) is 118 cm³/mol. The minimum atomic E-state index is -0.217. The average Bonchev–Trinajstić information content (AvgIpc) is 2.98. The van der Waals surface area contributed by atoms with Crippen molar-refractivity contribution in [3.8, 4) is 0 Å². The fraction of sp³-hybridized carbons (Fsp3) is 0.100. The summed E-state index contributed by atoms with van der Waals surface area (Å²) in [6, 6.07) is 15.1. The minimum Gasteiger partial charge on any atom is -0.293 e. The lowest BCUT2D eigenvalue weighted by Gasteiger charge is -2.10. The van der Waals surface area contributed by atoms with Gasteiger partial charge < -0.3 is 0 Å². The number of hydrogen-bond acceptors (Lipinski definition) is 6. The van der Waals surface area contributed by atoms with Crippen molar-refractivity contribution < 1.29 is 4.79 Å². The summed E-state index contributed by atoms with van der Waals surface area (Å²) >= 11 is 7.89. The summed E-state index contributed by atoms with van der Waals surface area (Å²) in [6.45, 7) is 2.37. The molecule has 1 aliphatic heterocycles. The van der Waals surface area contributed by atoms with Crippen molar-refractivity contribution in [1.29, 1.82) is 0 Å². The summed E-state index contributed by atoms with van der Waals surface area (Å²) in [5.41, 5.74) is 0.726. The molecular formula is C20H15N3O2S3. The van der Waals surface area contributed by atoms with E-state index in [2.05, 4.69) is 4.98 Å². The number of carbonyl (C=O) groups excluding carboxylic acids is 1. The molecular weight excluding hydrogens is 410 g/mol. The van der Waals surface area contributed by atoms with Gasteiger partial charge in [-0.3, -0.25) is 18.9 Å². The van der Waals surface area contributed by atoms with Crippen molar-refractivity contribution in [3.63, 3.8) is 0 Å². The number of rotatable bonds is 4. The van der Waals surface area contributed by atoms with Crippen molar-refractivity contribution in [1.82, 2.24) is 14.3 Å². The predicted octanol–water partition coefficient (Wildman–Crippen LogP) is 4.07. The van der Waals surface area contributed by atoms with Gasteiger partial charge in [-0.25, -0.2) is 4.98 Å². The molecule has 0 unspecified atom stereocenters. The highest BCUT2D eigenvalue weighted by molar-refractivity contribution is 8.26. The molecule has 0 atom stereocenters. The van der Waals surface area contributed by atoms with Crippen LogP contribution in [0, 0.1) is 0 Å². The number of fused-ring (bicyclic) bond motifs is 1. The minimum absolute atomic E-state index is 0.175. The van der Waals surface area contributed by atoms with Gasteiger partial charge in [0.25, 0.3) is 11.5 Å². The Morgan fingerprint density at radius 2 is 1.89 bits per heavy atom. The number of thiocarbonyl (C=S) groups is 1. The third-order valence-corrected chi connectivity index (χ3v) is 6.55. The average molecular weight is 426 g/mol. The molecule has 28 heavy (non-hydrogen) atoms. The highest BCUT2D eigenvalue weighted by Gasteiger charge is 2.31. The number of aromatic nitrogens is 2. The van der Waals surface area contributed by atoms with E-state index < -0.39 is 0 Å². The Hall–Kier alpha value is -2.42. The fourth-order valence-electron chi connectivity index (χ4n) is 2.79. The molecule has 4 rings (SSSR count). The molecule has 0 N–H and O–H groups in total. The maximum absolute atomic E-state index is 13.2. The fourth-order valence-corrected chi connectivity index (χ4v) is 5.07. The summed E-state index contributed by atoms with van der Waals surface area (Å²) in [5.74, 6) is -0.175. The number of amides is 1. The van der Waals surface area contributed by atoms with E-state index in [0.717, 1.165) is 4.90 Å². The van der Waals surface area contributed by atoms with Crippen molar-refractivity contribution >= 4 is 57.7 Å². The van der Waals surface area contributed by atoms with Gasteiger partial charge in [0, 0.05) is 17.6 Å². The number of carbonyl (C=O) groups is 1. The second kappa shape index (κ2) is 7.90. The SMILES string of the molecule is CCN1C(=O)C(=Cc2c(Sc3ccccc3)nc3ccccn3c2=O)SC1=S. The number of hydrogen-bond donors (Lipinski definition) is 0. The molecule has 0 saturated carbocycles. The van der Waals surface area contributed by atoms with Crippen LogP contribution in [0.4, 0.5) is 0 Å². The van der Waals surface area contributed by atoms with E-state index in [1.165, 1.54) is 32.8 Å². The molecule has 1 fully saturated rings. The van der Waals surface area contributed by atoms with E-state index >= 15 is 0 Å². The molecule has 1 aromatic carbocycles. The third kappa shape index (κ3) is 3.50. The van der Waals surface area contributed by atoms with Crippen molar-refractivity contribution in [2.24, 2.45) is 0 Å². The number of likely N-dealkylation sites (N-methyl/N-ethyl adjacent to an activating group) is 1. The number of benzene rings is 1. The number of thioether (sulfide) groups is 1. The van der Waals surface area contributed by atoms with E-state index in [4.69, 9.17) is 12.2 Å². The Balaban J connectivity index is 1.88. The molecule has 2 aromatic heterocycles. The van der Waals surface area contributed by atoms with Crippen LogP contribution in [0.25, 0.3) is 11.7 Å². The van der Waals surface area contributed by atoms with E-state index in [0.29, 0.717) is 32.0 Å². The van der Waals surface area contributed by atoms with Gasteiger partial charge in [-0.15, -0.1) is 0 Å². The Morgan fingerprint density at radius 1 is 1.14 bits per heavy atom. The third-order valence-electron chi connectivity index (χ3n) is 4.16. The zero-order chi connectivity index (χ0) is 19.7. The van der Waals surface area contributed by atoms with Gasteiger partial charge in [0.15, 0.2) is 0 Å². The molecule has 140 valence electrons. The molecule has 0 spiro atoms. The molecule has 0 aliphatic carbocycles. The van der Waals surface area contributed by atoms with E-state index in [9.17, 15) is 9.59 Å². The molecule has 0 bridgehead atoms. The maximum atomic E-state index is 13.2. The molecule has 1 saturated heterocycles. The van der Waals surface area contributed by atoms with Crippen molar-refractivity contribution in [3.05, 3.63) is 75.6 Å². The number of pyridine rings is 1. The van der Waals surface area contributed by atoms with Crippen LogP contribution in [0.3, 0.4) is 0 Å². The van der Waals surface area contributed by atoms with Crippen LogP contribution in [0.2, 0.25) is 0 Å². The Morgan fingerprint density at radius 3 is 2.61 bits per heavy atom. The van der Waals surface area contributed by atoms with Crippen LogP contribution in [0.1, 0.15) is 12.5 Å². The van der Waals surface area contributed by atoms with Crippen molar-refractivity contribution in [2.45, 2.75) is 16.8 Å². The highest BCUT2D eigenvalue weighted by atomic mass is 32.2. The number of nitrogens with zero attached hydrogens (tertiary/aromatic N) is 3. The quantitative estimate of drug-likeness (QED) is 0.357. The Kier molecular flexibility index (Phi) is 5.34. The lowest BCUT2D eigenvalue weighted by molar-refractivity contribution is -0.121. The molecule has 1 amide bonds.